The van der Waals surface area contributed by atoms with E-state index in [0.29, 0.717) is 17.0 Å². The molecule has 0 fully saturated rings. The average Bonchev–Trinajstić information content (AvgIpc) is 3.57. The maximum atomic E-state index is 14.9. The fourth-order valence-electron chi connectivity index (χ4n) is 4.55. The van der Waals surface area contributed by atoms with Crippen LogP contribution in [0.2, 0.25) is 0 Å². The normalized spacial score (nSPS) is 11.5. The first-order valence-electron chi connectivity index (χ1n) is 12.9. The minimum Gasteiger partial charge on any atom is -0.454 e. The largest absolute Gasteiger partial charge is 0.454 e. The number of nitrogen functional groups attached to an aromatic ring is 1. The molecule has 0 aliphatic carbocycles. The van der Waals surface area contributed by atoms with E-state index in [-0.39, 0.29) is 33.7 Å². The van der Waals surface area contributed by atoms with Gasteiger partial charge in [0.25, 0.3) is 10.0 Å². The van der Waals surface area contributed by atoms with Crippen molar-refractivity contribution in [2.75, 3.05) is 10.5 Å². The highest BCUT2D eigenvalue weighted by atomic mass is 32.2. The van der Waals surface area contributed by atoms with Gasteiger partial charge in [0.1, 0.15) is 28.1 Å². The van der Waals surface area contributed by atoms with Gasteiger partial charge in [-0.25, -0.2) is 26.3 Å². The second kappa shape index (κ2) is 10.9. The number of para-hydroxylation sites is 1. The number of rotatable bonds is 8. The van der Waals surface area contributed by atoms with Crippen LogP contribution in [0.5, 0.6) is 11.5 Å². The number of aromatic amines is 1. The highest BCUT2D eigenvalue weighted by molar-refractivity contribution is 7.92. The van der Waals surface area contributed by atoms with Gasteiger partial charge in [-0.3, -0.25) is 14.5 Å². The van der Waals surface area contributed by atoms with Crippen molar-refractivity contribution in [1.82, 2.24) is 19.7 Å². The minimum atomic E-state index is -4.36. The van der Waals surface area contributed by atoms with Crippen molar-refractivity contribution in [2.45, 2.75) is 11.8 Å². The molecule has 0 amide bonds. The zero-order valence-corrected chi connectivity index (χ0v) is 23.5. The predicted molar refractivity (Wildman–Crippen MR) is 156 cm³/mol. The fraction of sp³-hybridized carbons (Fsp3) is 0.0333. The number of H-pyrrole nitrogens is 1. The van der Waals surface area contributed by atoms with E-state index in [2.05, 4.69) is 19.8 Å². The van der Waals surface area contributed by atoms with Gasteiger partial charge >= 0.3 is 0 Å². The van der Waals surface area contributed by atoms with E-state index in [1.807, 2.05) is 0 Å². The van der Waals surface area contributed by atoms with E-state index in [4.69, 9.17) is 10.5 Å². The van der Waals surface area contributed by atoms with Gasteiger partial charge in [0.05, 0.1) is 35.0 Å². The van der Waals surface area contributed by atoms with Crippen molar-refractivity contribution in [1.29, 1.82) is 0 Å². The number of hydrogen-bond acceptors (Lipinski definition) is 7. The smallest absolute Gasteiger partial charge is 0.263 e. The average molecular weight is 619 g/mol. The lowest BCUT2D eigenvalue weighted by Crippen LogP contribution is -2.14. The van der Waals surface area contributed by atoms with E-state index < -0.39 is 43.8 Å². The third-order valence-corrected chi connectivity index (χ3v) is 8.03. The third-order valence-electron chi connectivity index (χ3n) is 6.70. The van der Waals surface area contributed by atoms with Gasteiger partial charge in [-0.2, -0.15) is 5.10 Å². The van der Waals surface area contributed by atoms with Gasteiger partial charge in [0.2, 0.25) is 5.78 Å². The summed E-state index contributed by atoms with van der Waals surface area (Å²) in [7, 11) is -4.36. The number of ketones is 1. The number of ether oxygens (including phenoxy) is 1. The standard InChI is InChI=1S/C30H21F3N6O4S/c1-16-8-19(43-28-5-3-2-4-22(28)32)6-7-27(16)39-30(34)21(15-36-39)29(40)26-10-17-9-23(33)25(12-24(17)37-26)38-44(41,42)20-11-18(31)13-35-14-20/h2-15,37-38H,34H2,1H3. The number of carbonyl (C=O) groups is 1. The Labute approximate surface area is 248 Å². The van der Waals surface area contributed by atoms with E-state index in [1.54, 1.807) is 37.3 Å². The van der Waals surface area contributed by atoms with Gasteiger partial charge < -0.3 is 15.5 Å². The number of fused-ring (bicyclic) bond motifs is 1. The summed E-state index contributed by atoms with van der Waals surface area (Å²) in [6.07, 6.45) is 3.05. The van der Waals surface area contributed by atoms with E-state index in [9.17, 15) is 26.4 Å². The lowest BCUT2D eigenvalue weighted by atomic mass is 10.1. The Kier molecular flexibility index (Phi) is 7.05. The molecule has 0 radical (unpaired) electrons. The molecule has 222 valence electrons. The van der Waals surface area contributed by atoms with Crippen molar-refractivity contribution in [3.8, 4) is 17.2 Å². The molecule has 4 N–H and O–H groups in total. The molecule has 0 spiro atoms. The summed E-state index contributed by atoms with van der Waals surface area (Å²) in [4.78, 5) is 19.3. The molecule has 3 heterocycles. The van der Waals surface area contributed by atoms with Crippen LogP contribution in [0.3, 0.4) is 0 Å². The molecule has 44 heavy (non-hydrogen) atoms. The van der Waals surface area contributed by atoms with Gasteiger partial charge in [-0.15, -0.1) is 0 Å². The van der Waals surface area contributed by atoms with Crippen LogP contribution in [0.1, 0.15) is 21.6 Å². The van der Waals surface area contributed by atoms with Crippen LogP contribution < -0.4 is 15.2 Å². The molecule has 6 rings (SSSR count). The van der Waals surface area contributed by atoms with E-state index in [0.717, 1.165) is 24.5 Å². The van der Waals surface area contributed by atoms with E-state index in [1.165, 1.54) is 35.1 Å². The third kappa shape index (κ3) is 5.33. The molecular weight excluding hydrogens is 597 g/mol. The molecule has 6 aromatic rings. The van der Waals surface area contributed by atoms with Crippen molar-refractivity contribution in [3.63, 3.8) is 0 Å². The van der Waals surface area contributed by atoms with Crippen LogP contribution in [0, 0.1) is 24.4 Å². The maximum absolute atomic E-state index is 14.9. The number of sulfonamides is 1. The molecule has 0 aliphatic heterocycles. The number of pyridine rings is 1. The molecular formula is C30H21F3N6O4S. The summed E-state index contributed by atoms with van der Waals surface area (Å²) >= 11 is 0. The number of aryl methyl sites for hydroxylation is 1. The number of anilines is 2. The Morgan fingerprint density at radius 1 is 0.977 bits per heavy atom. The predicted octanol–water partition coefficient (Wildman–Crippen LogP) is 5.88. The van der Waals surface area contributed by atoms with Crippen molar-refractivity contribution in [2.24, 2.45) is 0 Å². The Morgan fingerprint density at radius 3 is 2.52 bits per heavy atom. The van der Waals surface area contributed by atoms with Crippen LogP contribution >= 0.6 is 0 Å². The van der Waals surface area contributed by atoms with Crippen molar-refractivity contribution in [3.05, 3.63) is 120 Å². The molecule has 0 aliphatic rings. The molecule has 3 aromatic heterocycles. The number of hydrogen-bond donors (Lipinski definition) is 3. The first kappa shape index (κ1) is 28.5. The Bertz CT molecular complexity index is 2200. The topological polar surface area (TPSA) is 145 Å². The highest BCUT2D eigenvalue weighted by Gasteiger charge is 2.22. The number of halogens is 3. The fourth-order valence-corrected chi connectivity index (χ4v) is 5.58. The van der Waals surface area contributed by atoms with Gasteiger partial charge in [-0.05, 0) is 67.1 Å². The summed E-state index contributed by atoms with van der Waals surface area (Å²) in [6, 6.07) is 15.3. The number of nitrogens with one attached hydrogen (secondary N) is 2. The molecule has 0 atom stereocenters. The first-order chi connectivity index (χ1) is 21.0. The molecule has 0 saturated carbocycles. The lowest BCUT2D eigenvalue weighted by molar-refractivity contribution is 0.103. The van der Waals surface area contributed by atoms with Crippen molar-refractivity contribution < 1.29 is 31.1 Å². The summed E-state index contributed by atoms with van der Waals surface area (Å²) in [5, 5.41) is 4.55. The summed E-state index contributed by atoms with van der Waals surface area (Å²) in [5.41, 5.74) is 7.47. The number of carbonyl (C=O) groups excluding carboxylic acids is 1. The molecule has 0 bridgehead atoms. The molecule has 3 aromatic carbocycles. The second-order valence-corrected chi connectivity index (χ2v) is 11.4. The maximum Gasteiger partial charge on any atom is 0.263 e. The van der Waals surface area contributed by atoms with Crippen LogP contribution in [-0.4, -0.2) is 33.9 Å². The lowest BCUT2D eigenvalue weighted by Gasteiger charge is -2.12. The Balaban J connectivity index is 1.26. The zero-order valence-electron chi connectivity index (χ0n) is 22.7. The van der Waals surface area contributed by atoms with Crippen LogP contribution in [0.4, 0.5) is 24.7 Å². The van der Waals surface area contributed by atoms with Gasteiger partial charge in [0, 0.05) is 17.1 Å². The molecule has 0 unspecified atom stereocenters. The molecule has 10 nitrogen and oxygen atoms in total. The van der Waals surface area contributed by atoms with Crippen LogP contribution in [0.25, 0.3) is 16.6 Å². The Hall–Kier alpha value is -5.63. The molecule has 14 heteroatoms. The monoisotopic (exact) mass is 618 g/mol. The van der Waals surface area contributed by atoms with Crippen LogP contribution in [-0.2, 0) is 10.0 Å². The highest BCUT2D eigenvalue weighted by Crippen LogP contribution is 2.30. The number of nitrogens with zero attached hydrogens (tertiary/aromatic N) is 3. The summed E-state index contributed by atoms with van der Waals surface area (Å²) in [5.74, 6) is -2.37. The summed E-state index contributed by atoms with van der Waals surface area (Å²) in [6.45, 7) is 1.77. The van der Waals surface area contributed by atoms with Crippen LogP contribution in [0.15, 0.2) is 90.2 Å². The van der Waals surface area contributed by atoms with Gasteiger partial charge in [0.15, 0.2) is 11.6 Å². The Morgan fingerprint density at radius 2 is 1.77 bits per heavy atom. The first-order valence-corrected chi connectivity index (χ1v) is 14.4. The zero-order chi connectivity index (χ0) is 31.2. The number of aromatic nitrogens is 4. The number of nitrogens with two attached hydrogens (primary N) is 1. The van der Waals surface area contributed by atoms with Gasteiger partial charge in [-0.1, -0.05) is 12.1 Å². The van der Waals surface area contributed by atoms with E-state index >= 15 is 0 Å². The molecule has 0 saturated heterocycles. The quantitative estimate of drug-likeness (QED) is 0.181. The van der Waals surface area contributed by atoms with Crippen molar-refractivity contribution >= 4 is 38.2 Å². The SMILES string of the molecule is Cc1cc(Oc2ccccc2F)ccc1-n1ncc(C(=O)c2cc3cc(F)c(NS(=O)(=O)c4cncc(F)c4)cc3[nH]2)c1N. The number of benzene rings is 3. The minimum absolute atomic E-state index is 0.0304. The summed E-state index contributed by atoms with van der Waals surface area (Å²) < 4.78 is 76.7. The second-order valence-electron chi connectivity index (χ2n) is 9.71.